The van der Waals surface area contributed by atoms with Gasteiger partial charge in [-0.1, -0.05) is 0 Å². The van der Waals surface area contributed by atoms with Crippen LogP contribution in [-0.4, -0.2) is 67.7 Å². The molecule has 1 saturated heterocycles. The first-order valence-electron chi connectivity index (χ1n) is 6.85. The van der Waals surface area contributed by atoms with E-state index in [0.717, 1.165) is 25.2 Å². The number of hydrogen-bond donors (Lipinski definition) is 2. The molecule has 0 radical (unpaired) electrons. The molecule has 21 heavy (non-hydrogen) atoms. The van der Waals surface area contributed by atoms with Gasteiger partial charge in [0.25, 0.3) is 0 Å². The van der Waals surface area contributed by atoms with Gasteiger partial charge in [-0.15, -0.1) is 0 Å². The maximum Gasteiger partial charge on any atom is 0.153 e. The largest absolute Gasteiger partial charge is 0.491 e. The Kier molecular flexibility index (Phi) is 5.33. The Bertz CT molecular complexity index is 456. The van der Waals surface area contributed by atoms with Gasteiger partial charge in [0.15, 0.2) is 11.6 Å². The standard InChI is InChI=1S/C14H20F2N2O3/c1-17-2-4-18(5-3-17)14-12(15)6-11(7-13(14)16)21-9-10(20)8-19/h6-7,10,19-20H,2-5,8-9H2,1H3. The van der Waals surface area contributed by atoms with Crippen LogP contribution < -0.4 is 9.64 Å². The number of benzene rings is 1. The summed E-state index contributed by atoms with van der Waals surface area (Å²) in [6.07, 6.45) is -1.08. The number of nitrogens with zero attached hydrogens (tertiary/aromatic N) is 2. The number of likely N-dealkylation sites (N-methyl/N-ethyl adjacent to an activating group) is 1. The van der Waals surface area contributed by atoms with Crippen LogP contribution in [0.4, 0.5) is 14.5 Å². The van der Waals surface area contributed by atoms with Crippen LogP contribution in [0.25, 0.3) is 0 Å². The van der Waals surface area contributed by atoms with E-state index >= 15 is 0 Å². The zero-order chi connectivity index (χ0) is 15.4. The number of rotatable bonds is 5. The molecule has 2 rings (SSSR count). The van der Waals surface area contributed by atoms with E-state index in [2.05, 4.69) is 4.90 Å². The lowest BCUT2D eigenvalue weighted by Crippen LogP contribution is -2.45. The second-order valence-electron chi connectivity index (χ2n) is 5.17. The van der Waals surface area contributed by atoms with Crippen LogP contribution in [0.2, 0.25) is 0 Å². The summed E-state index contributed by atoms with van der Waals surface area (Å²) >= 11 is 0. The molecule has 1 aromatic carbocycles. The SMILES string of the molecule is CN1CCN(c2c(F)cc(OCC(O)CO)cc2F)CC1. The molecule has 0 amide bonds. The average Bonchev–Trinajstić information content (AvgIpc) is 2.46. The third-order valence-corrected chi connectivity index (χ3v) is 3.46. The number of halogens is 2. The predicted molar refractivity (Wildman–Crippen MR) is 74.7 cm³/mol. The zero-order valence-electron chi connectivity index (χ0n) is 11.9. The highest BCUT2D eigenvalue weighted by atomic mass is 19.1. The van der Waals surface area contributed by atoms with E-state index in [9.17, 15) is 8.78 Å². The van der Waals surface area contributed by atoms with Crippen LogP contribution in [0.15, 0.2) is 12.1 Å². The Balaban J connectivity index is 2.10. The first kappa shape index (κ1) is 15.9. The summed E-state index contributed by atoms with van der Waals surface area (Å²) in [6, 6.07) is 2.20. The second kappa shape index (κ2) is 7.02. The lowest BCUT2D eigenvalue weighted by atomic mass is 10.2. The Morgan fingerprint density at radius 1 is 1.19 bits per heavy atom. The summed E-state index contributed by atoms with van der Waals surface area (Å²) in [5, 5.41) is 17.8. The minimum Gasteiger partial charge on any atom is -0.491 e. The second-order valence-corrected chi connectivity index (χ2v) is 5.17. The summed E-state index contributed by atoms with van der Waals surface area (Å²) in [7, 11) is 1.97. The van der Waals surface area contributed by atoms with Gasteiger partial charge in [0.2, 0.25) is 0 Å². The summed E-state index contributed by atoms with van der Waals surface area (Å²) < 4.78 is 33.3. The Hall–Kier alpha value is -1.44. The summed E-state index contributed by atoms with van der Waals surface area (Å²) in [6.45, 7) is 1.94. The van der Waals surface area contributed by atoms with E-state index < -0.39 is 24.3 Å². The van der Waals surface area contributed by atoms with Crippen LogP contribution in [0.5, 0.6) is 5.75 Å². The van der Waals surface area contributed by atoms with Crippen molar-refractivity contribution in [3.8, 4) is 5.75 Å². The molecule has 0 bridgehead atoms. The monoisotopic (exact) mass is 302 g/mol. The molecular formula is C14H20F2N2O3. The van der Waals surface area contributed by atoms with Gasteiger partial charge in [0, 0.05) is 38.3 Å². The van der Waals surface area contributed by atoms with Crippen LogP contribution in [0, 0.1) is 11.6 Å². The van der Waals surface area contributed by atoms with E-state index in [0.29, 0.717) is 13.1 Å². The molecule has 1 atom stereocenters. The molecule has 1 heterocycles. The van der Waals surface area contributed by atoms with Gasteiger partial charge in [-0.2, -0.15) is 0 Å². The fourth-order valence-corrected chi connectivity index (χ4v) is 2.20. The molecule has 0 saturated carbocycles. The fraction of sp³-hybridized carbons (Fsp3) is 0.571. The molecule has 7 heteroatoms. The molecule has 1 fully saturated rings. The van der Waals surface area contributed by atoms with Gasteiger partial charge in [-0.05, 0) is 7.05 Å². The molecule has 0 aromatic heterocycles. The molecule has 5 nitrogen and oxygen atoms in total. The molecule has 1 unspecified atom stereocenters. The van der Waals surface area contributed by atoms with Crippen molar-refractivity contribution in [1.82, 2.24) is 4.90 Å². The van der Waals surface area contributed by atoms with E-state index in [-0.39, 0.29) is 18.0 Å². The molecule has 0 aliphatic carbocycles. The highest BCUT2D eigenvalue weighted by molar-refractivity contribution is 5.52. The smallest absolute Gasteiger partial charge is 0.153 e. The van der Waals surface area contributed by atoms with Crippen molar-refractivity contribution < 1.29 is 23.7 Å². The van der Waals surface area contributed by atoms with Gasteiger partial charge in [0.1, 0.15) is 24.1 Å². The summed E-state index contributed by atoms with van der Waals surface area (Å²) in [5.41, 5.74) is -0.0434. The van der Waals surface area contributed by atoms with Crippen molar-refractivity contribution in [2.75, 3.05) is 51.3 Å². The predicted octanol–water partition coefficient (Wildman–Crippen LogP) is 0.449. The Labute approximate surface area is 122 Å². The van der Waals surface area contributed by atoms with Crippen molar-refractivity contribution in [1.29, 1.82) is 0 Å². The number of piperazine rings is 1. The van der Waals surface area contributed by atoms with E-state index in [1.165, 1.54) is 0 Å². The van der Waals surface area contributed by atoms with Gasteiger partial charge < -0.3 is 24.7 Å². The van der Waals surface area contributed by atoms with Gasteiger partial charge in [0.05, 0.1) is 6.61 Å². The number of hydrogen-bond acceptors (Lipinski definition) is 5. The number of aliphatic hydroxyl groups is 2. The zero-order valence-corrected chi connectivity index (χ0v) is 11.9. The van der Waals surface area contributed by atoms with Crippen LogP contribution in [0.1, 0.15) is 0 Å². The highest BCUT2D eigenvalue weighted by Crippen LogP contribution is 2.29. The van der Waals surface area contributed by atoms with Crippen molar-refractivity contribution in [2.45, 2.75) is 6.10 Å². The van der Waals surface area contributed by atoms with Crippen molar-refractivity contribution in [3.05, 3.63) is 23.8 Å². The van der Waals surface area contributed by atoms with Crippen molar-refractivity contribution in [3.63, 3.8) is 0 Å². The Morgan fingerprint density at radius 2 is 1.76 bits per heavy atom. The van der Waals surface area contributed by atoms with Crippen LogP contribution >= 0.6 is 0 Å². The molecule has 2 N–H and O–H groups in total. The lowest BCUT2D eigenvalue weighted by molar-refractivity contribution is 0.0534. The summed E-state index contributed by atoms with van der Waals surface area (Å²) in [4.78, 5) is 3.77. The normalized spacial score (nSPS) is 17.9. The third-order valence-electron chi connectivity index (χ3n) is 3.46. The quantitative estimate of drug-likeness (QED) is 0.827. The molecule has 0 spiro atoms. The molecule has 1 aliphatic rings. The highest BCUT2D eigenvalue weighted by Gasteiger charge is 2.22. The topological polar surface area (TPSA) is 56.2 Å². The van der Waals surface area contributed by atoms with E-state index in [1.54, 1.807) is 4.90 Å². The fourth-order valence-electron chi connectivity index (χ4n) is 2.20. The number of anilines is 1. The molecular weight excluding hydrogens is 282 g/mol. The van der Waals surface area contributed by atoms with Crippen molar-refractivity contribution >= 4 is 5.69 Å². The van der Waals surface area contributed by atoms with E-state index in [4.69, 9.17) is 14.9 Å². The molecule has 118 valence electrons. The maximum absolute atomic E-state index is 14.1. The minimum atomic E-state index is -1.08. The maximum atomic E-state index is 14.1. The minimum absolute atomic E-state index is 0.00428. The lowest BCUT2D eigenvalue weighted by Gasteiger charge is -2.34. The van der Waals surface area contributed by atoms with Crippen LogP contribution in [0.3, 0.4) is 0 Å². The molecule has 1 aliphatic heterocycles. The van der Waals surface area contributed by atoms with E-state index in [1.807, 2.05) is 7.05 Å². The number of aliphatic hydroxyl groups excluding tert-OH is 2. The first-order valence-corrected chi connectivity index (χ1v) is 6.85. The first-order chi connectivity index (χ1) is 10.0. The molecule has 1 aromatic rings. The van der Waals surface area contributed by atoms with Gasteiger partial charge in [-0.3, -0.25) is 0 Å². The third kappa shape index (κ3) is 4.03. The Morgan fingerprint density at radius 3 is 2.29 bits per heavy atom. The van der Waals surface area contributed by atoms with Crippen LogP contribution in [-0.2, 0) is 0 Å². The average molecular weight is 302 g/mol. The number of ether oxygens (including phenoxy) is 1. The summed E-state index contributed by atoms with van der Waals surface area (Å²) in [5.74, 6) is -1.38. The van der Waals surface area contributed by atoms with Gasteiger partial charge in [-0.25, -0.2) is 8.78 Å². The van der Waals surface area contributed by atoms with Gasteiger partial charge >= 0.3 is 0 Å². The van der Waals surface area contributed by atoms with Crippen molar-refractivity contribution in [2.24, 2.45) is 0 Å².